The van der Waals surface area contributed by atoms with Crippen molar-refractivity contribution >= 4 is 27.5 Å². The predicted octanol–water partition coefficient (Wildman–Crippen LogP) is 3.51. The Morgan fingerprint density at radius 1 is 1.20 bits per heavy atom. The van der Waals surface area contributed by atoms with Crippen LogP contribution < -0.4 is 9.64 Å². The van der Waals surface area contributed by atoms with Crippen LogP contribution in [-0.2, 0) is 11.3 Å². The van der Waals surface area contributed by atoms with Crippen molar-refractivity contribution in [1.29, 1.82) is 0 Å². The van der Waals surface area contributed by atoms with Crippen LogP contribution in [0.1, 0.15) is 5.56 Å². The van der Waals surface area contributed by atoms with Crippen LogP contribution in [0.4, 0.5) is 10.1 Å². The molecule has 0 saturated heterocycles. The minimum Gasteiger partial charge on any atom is -0.482 e. The molecule has 0 radical (unpaired) electrons. The molecule has 0 aromatic heterocycles. The maximum absolute atomic E-state index is 13.6. The number of rotatable bonds is 2. The molecule has 0 N–H and O–H groups in total. The van der Waals surface area contributed by atoms with E-state index in [-0.39, 0.29) is 18.3 Å². The van der Waals surface area contributed by atoms with Crippen LogP contribution in [0.15, 0.2) is 46.9 Å². The summed E-state index contributed by atoms with van der Waals surface area (Å²) in [6.07, 6.45) is 0. The lowest BCUT2D eigenvalue weighted by atomic mass is 10.1. The van der Waals surface area contributed by atoms with Crippen LogP contribution in [0.25, 0.3) is 0 Å². The molecule has 1 heterocycles. The van der Waals surface area contributed by atoms with Crippen LogP contribution in [-0.4, -0.2) is 12.5 Å². The number of amides is 1. The topological polar surface area (TPSA) is 29.5 Å². The minimum absolute atomic E-state index is 0.00392. The van der Waals surface area contributed by atoms with Gasteiger partial charge in [-0.3, -0.25) is 4.79 Å². The van der Waals surface area contributed by atoms with Gasteiger partial charge < -0.3 is 9.64 Å². The number of hydrogen-bond acceptors (Lipinski definition) is 2. The molecule has 0 unspecified atom stereocenters. The zero-order chi connectivity index (χ0) is 14.1. The van der Waals surface area contributed by atoms with Crippen molar-refractivity contribution in [2.24, 2.45) is 0 Å². The highest BCUT2D eigenvalue weighted by atomic mass is 79.9. The summed E-state index contributed by atoms with van der Waals surface area (Å²) in [5, 5.41) is 0. The average Bonchev–Trinajstić information content (AvgIpc) is 2.46. The summed E-state index contributed by atoms with van der Waals surface area (Å²) in [6.45, 7) is 0.307. The Bertz CT molecular complexity index is 675. The van der Waals surface area contributed by atoms with E-state index in [1.54, 1.807) is 17.0 Å². The van der Waals surface area contributed by atoms with E-state index < -0.39 is 0 Å². The quantitative estimate of drug-likeness (QED) is 0.840. The average molecular weight is 336 g/mol. The number of benzene rings is 2. The van der Waals surface area contributed by atoms with E-state index in [0.29, 0.717) is 22.5 Å². The summed E-state index contributed by atoms with van der Waals surface area (Å²) in [5.74, 6) is 0.191. The predicted molar refractivity (Wildman–Crippen MR) is 77.2 cm³/mol. The van der Waals surface area contributed by atoms with Crippen molar-refractivity contribution in [3.05, 3.63) is 58.3 Å². The van der Waals surface area contributed by atoms with Gasteiger partial charge in [-0.15, -0.1) is 0 Å². The molecular weight excluding hydrogens is 325 g/mol. The highest BCUT2D eigenvalue weighted by Gasteiger charge is 2.25. The van der Waals surface area contributed by atoms with Gasteiger partial charge in [-0.2, -0.15) is 0 Å². The molecular formula is C15H11BrFNO2. The maximum atomic E-state index is 13.6. The van der Waals surface area contributed by atoms with Gasteiger partial charge in [0.15, 0.2) is 6.61 Å². The van der Waals surface area contributed by atoms with Crippen molar-refractivity contribution in [3.63, 3.8) is 0 Å². The maximum Gasteiger partial charge on any atom is 0.265 e. The lowest BCUT2D eigenvalue weighted by Gasteiger charge is -2.29. The molecule has 1 aliphatic rings. The van der Waals surface area contributed by atoms with Gasteiger partial charge >= 0.3 is 0 Å². The zero-order valence-electron chi connectivity index (χ0n) is 10.5. The molecule has 1 amide bonds. The lowest BCUT2D eigenvalue weighted by Crippen LogP contribution is -2.38. The highest BCUT2D eigenvalue weighted by molar-refractivity contribution is 9.10. The van der Waals surface area contributed by atoms with E-state index in [0.717, 1.165) is 5.56 Å². The largest absolute Gasteiger partial charge is 0.482 e. The Balaban J connectivity index is 1.98. The fourth-order valence-electron chi connectivity index (χ4n) is 2.17. The number of carbonyl (C=O) groups excluding carboxylic acids is 1. The number of carbonyl (C=O) groups is 1. The third-order valence-electron chi connectivity index (χ3n) is 3.17. The fourth-order valence-corrected chi connectivity index (χ4v) is 2.56. The Kier molecular flexibility index (Phi) is 3.44. The van der Waals surface area contributed by atoms with Crippen LogP contribution in [0.5, 0.6) is 5.75 Å². The molecule has 0 bridgehead atoms. The Hall–Kier alpha value is -1.88. The second-order valence-electron chi connectivity index (χ2n) is 4.45. The minimum atomic E-state index is -0.337. The smallest absolute Gasteiger partial charge is 0.265 e. The number of para-hydroxylation sites is 2. The molecule has 3 rings (SSSR count). The van der Waals surface area contributed by atoms with Gasteiger partial charge in [0.2, 0.25) is 0 Å². The van der Waals surface area contributed by atoms with Gasteiger partial charge in [0.05, 0.1) is 16.7 Å². The third kappa shape index (κ3) is 2.29. The number of nitrogens with zero attached hydrogens (tertiary/aromatic N) is 1. The molecule has 20 heavy (non-hydrogen) atoms. The third-order valence-corrected chi connectivity index (χ3v) is 4.06. The van der Waals surface area contributed by atoms with Crippen LogP contribution >= 0.6 is 15.9 Å². The van der Waals surface area contributed by atoms with Gasteiger partial charge in [0.1, 0.15) is 11.6 Å². The van der Waals surface area contributed by atoms with Gasteiger partial charge in [-0.1, -0.05) is 24.3 Å². The van der Waals surface area contributed by atoms with Crippen molar-refractivity contribution in [2.45, 2.75) is 6.54 Å². The summed E-state index contributed by atoms with van der Waals surface area (Å²) in [4.78, 5) is 13.7. The highest BCUT2D eigenvalue weighted by Crippen LogP contribution is 2.33. The molecule has 0 aliphatic carbocycles. The first-order valence-electron chi connectivity index (χ1n) is 6.12. The van der Waals surface area contributed by atoms with Gasteiger partial charge in [0.25, 0.3) is 5.91 Å². The lowest BCUT2D eigenvalue weighted by molar-refractivity contribution is -0.121. The van der Waals surface area contributed by atoms with Crippen LogP contribution in [0.3, 0.4) is 0 Å². The van der Waals surface area contributed by atoms with Crippen LogP contribution in [0.2, 0.25) is 0 Å². The number of fused-ring (bicyclic) bond motifs is 1. The molecule has 0 atom stereocenters. The summed E-state index contributed by atoms with van der Waals surface area (Å²) < 4.78 is 19.3. The number of ether oxygens (including phenoxy) is 1. The first-order valence-corrected chi connectivity index (χ1v) is 6.91. The molecule has 3 nitrogen and oxygen atoms in total. The Morgan fingerprint density at radius 2 is 2.00 bits per heavy atom. The number of anilines is 1. The van der Waals surface area contributed by atoms with Crippen molar-refractivity contribution in [1.82, 2.24) is 0 Å². The van der Waals surface area contributed by atoms with E-state index in [1.165, 1.54) is 6.07 Å². The molecule has 5 heteroatoms. The summed E-state index contributed by atoms with van der Waals surface area (Å²) >= 11 is 3.22. The number of halogens is 2. The Morgan fingerprint density at radius 3 is 2.85 bits per heavy atom. The van der Waals surface area contributed by atoms with Gasteiger partial charge in [-0.25, -0.2) is 4.39 Å². The summed E-state index contributed by atoms with van der Waals surface area (Å²) in [7, 11) is 0. The molecule has 0 spiro atoms. The molecule has 0 saturated carbocycles. The number of hydrogen-bond donors (Lipinski definition) is 0. The SMILES string of the molecule is O=C1COc2ccccc2N1Cc1cccc(F)c1Br. The van der Waals surface area contributed by atoms with Crippen LogP contribution in [0, 0.1) is 5.82 Å². The van der Waals surface area contributed by atoms with E-state index in [4.69, 9.17) is 4.74 Å². The van der Waals surface area contributed by atoms with Gasteiger partial charge in [-0.05, 0) is 39.7 Å². The Labute approximate surface area is 124 Å². The van der Waals surface area contributed by atoms with E-state index in [9.17, 15) is 9.18 Å². The second kappa shape index (κ2) is 5.25. The molecule has 1 aliphatic heterocycles. The van der Waals surface area contributed by atoms with Crippen molar-refractivity contribution < 1.29 is 13.9 Å². The van der Waals surface area contributed by atoms with Gasteiger partial charge in [0, 0.05) is 0 Å². The molecule has 2 aromatic carbocycles. The van der Waals surface area contributed by atoms with Crippen molar-refractivity contribution in [2.75, 3.05) is 11.5 Å². The fraction of sp³-hybridized carbons (Fsp3) is 0.133. The monoisotopic (exact) mass is 335 g/mol. The van der Waals surface area contributed by atoms with E-state index in [1.807, 2.05) is 24.3 Å². The summed E-state index contributed by atoms with van der Waals surface area (Å²) in [5.41, 5.74) is 1.43. The normalized spacial score (nSPS) is 13.9. The first kappa shape index (κ1) is 13.1. The molecule has 2 aromatic rings. The van der Waals surface area contributed by atoms with Crippen molar-refractivity contribution in [3.8, 4) is 5.75 Å². The second-order valence-corrected chi connectivity index (χ2v) is 5.24. The van der Waals surface area contributed by atoms with E-state index in [2.05, 4.69) is 15.9 Å². The first-order chi connectivity index (χ1) is 9.66. The van der Waals surface area contributed by atoms with E-state index >= 15 is 0 Å². The molecule has 0 fully saturated rings. The standard InChI is InChI=1S/C15H11BrFNO2/c16-15-10(4-3-5-11(15)17)8-18-12-6-1-2-7-13(12)20-9-14(18)19/h1-7H,8-9H2. The molecule has 102 valence electrons. The summed E-state index contributed by atoms with van der Waals surface area (Å²) in [6, 6.07) is 12.1. The zero-order valence-corrected chi connectivity index (χ0v) is 12.1.